The molecule has 0 fully saturated rings. The summed E-state index contributed by atoms with van der Waals surface area (Å²) in [4.78, 5) is 10.2. The summed E-state index contributed by atoms with van der Waals surface area (Å²) in [6.07, 6.45) is 1.67. The van der Waals surface area contributed by atoms with Gasteiger partial charge in [0.05, 0.1) is 10.4 Å². The lowest BCUT2D eigenvalue weighted by Gasteiger charge is -2.02. The molecule has 0 saturated heterocycles. The van der Waals surface area contributed by atoms with Crippen LogP contribution in [0.25, 0.3) is 10.9 Å². The number of allylic oxidation sites excluding steroid dienone is 1. The summed E-state index contributed by atoms with van der Waals surface area (Å²) in [5.41, 5.74) is 1.63. The Bertz CT molecular complexity index is 1060. The molecule has 0 aliphatic rings. The first kappa shape index (κ1) is 18.2. The van der Waals surface area contributed by atoms with E-state index in [-0.39, 0.29) is 16.7 Å². The van der Waals surface area contributed by atoms with Crippen molar-refractivity contribution in [2.24, 2.45) is 10.2 Å². The Morgan fingerprint density at radius 1 is 1.30 bits per heavy atom. The molecule has 0 aliphatic heterocycles. The van der Waals surface area contributed by atoms with Crippen molar-refractivity contribution < 1.29 is 10.0 Å². The van der Waals surface area contributed by atoms with E-state index in [2.05, 4.69) is 22.1 Å². The minimum atomic E-state index is -0.483. The maximum atomic E-state index is 10.7. The van der Waals surface area contributed by atoms with Crippen LogP contribution in [-0.4, -0.2) is 19.7 Å². The van der Waals surface area contributed by atoms with Gasteiger partial charge in [-0.1, -0.05) is 24.3 Å². The van der Waals surface area contributed by atoms with Crippen molar-refractivity contribution in [1.29, 1.82) is 0 Å². The molecule has 0 unspecified atom stereocenters. The summed E-state index contributed by atoms with van der Waals surface area (Å²) in [6.45, 7) is 4.12. The van der Waals surface area contributed by atoms with E-state index in [1.54, 1.807) is 10.6 Å². The third kappa shape index (κ3) is 3.82. The molecule has 2 aromatic carbocycles. The Labute approximate surface area is 159 Å². The average molecular weight is 381 g/mol. The Morgan fingerprint density at radius 2 is 2.00 bits per heavy atom. The number of para-hydroxylation sites is 1. The average Bonchev–Trinajstić information content (AvgIpc) is 2.92. The maximum absolute atomic E-state index is 10.7. The normalized spacial score (nSPS) is 11.0. The molecular weight excluding hydrogens is 366 g/mol. The molecule has 27 heavy (non-hydrogen) atoms. The standard InChI is InChI=1S/C18H15N5O3S/c1-2-11-22-15-6-4-3-5-14(15)16(17(22)24)20-21-18(27)19-12-7-9-13(10-8-12)23(25)26/h2-10,24H,1,11H2,(H,19,27). The molecule has 0 saturated carbocycles. The zero-order chi connectivity index (χ0) is 19.4. The first-order valence-electron chi connectivity index (χ1n) is 7.89. The lowest BCUT2D eigenvalue weighted by molar-refractivity contribution is -0.384. The molecule has 1 heterocycles. The van der Waals surface area contributed by atoms with Gasteiger partial charge in [0.25, 0.3) is 5.69 Å². The molecule has 0 spiro atoms. The van der Waals surface area contributed by atoms with Crippen molar-refractivity contribution in [1.82, 2.24) is 4.57 Å². The number of benzene rings is 2. The van der Waals surface area contributed by atoms with Crippen molar-refractivity contribution in [2.75, 3.05) is 5.32 Å². The smallest absolute Gasteiger partial charge is 0.269 e. The zero-order valence-corrected chi connectivity index (χ0v) is 14.9. The minimum Gasteiger partial charge on any atom is -0.493 e. The molecule has 0 aliphatic carbocycles. The second-order valence-electron chi connectivity index (χ2n) is 5.52. The highest BCUT2D eigenvalue weighted by molar-refractivity contribution is 7.80. The molecule has 0 radical (unpaired) electrons. The number of aromatic nitrogens is 1. The number of nitro groups is 1. The van der Waals surface area contributed by atoms with Gasteiger partial charge in [0, 0.05) is 29.8 Å². The van der Waals surface area contributed by atoms with Gasteiger partial charge in [0.15, 0.2) is 5.69 Å². The Kier molecular flexibility index (Phi) is 5.23. The van der Waals surface area contributed by atoms with Gasteiger partial charge in [-0.25, -0.2) is 0 Å². The number of hydrogen-bond donors (Lipinski definition) is 2. The molecule has 3 rings (SSSR count). The van der Waals surface area contributed by atoms with Crippen LogP contribution in [0.3, 0.4) is 0 Å². The number of aromatic hydroxyl groups is 1. The molecule has 0 bridgehead atoms. The van der Waals surface area contributed by atoms with Crippen LogP contribution in [0.15, 0.2) is 71.4 Å². The van der Waals surface area contributed by atoms with Gasteiger partial charge in [-0.2, -0.15) is 0 Å². The molecule has 3 aromatic rings. The van der Waals surface area contributed by atoms with E-state index in [4.69, 9.17) is 12.2 Å². The van der Waals surface area contributed by atoms with Gasteiger partial charge in [0.2, 0.25) is 11.0 Å². The highest BCUT2D eigenvalue weighted by Crippen LogP contribution is 2.38. The van der Waals surface area contributed by atoms with Crippen molar-refractivity contribution in [3.05, 3.63) is 71.3 Å². The van der Waals surface area contributed by atoms with E-state index in [9.17, 15) is 15.2 Å². The fourth-order valence-electron chi connectivity index (χ4n) is 2.59. The fraction of sp³-hybridized carbons (Fsp3) is 0.0556. The molecular formula is C18H15N5O3S. The quantitative estimate of drug-likeness (QED) is 0.214. The van der Waals surface area contributed by atoms with E-state index in [1.807, 2.05) is 24.3 Å². The lowest BCUT2D eigenvalue weighted by atomic mass is 10.2. The number of azo groups is 1. The van der Waals surface area contributed by atoms with Crippen LogP contribution in [0.5, 0.6) is 5.88 Å². The topological polar surface area (TPSA) is 105 Å². The largest absolute Gasteiger partial charge is 0.493 e. The first-order valence-corrected chi connectivity index (χ1v) is 8.30. The Balaban J connectivity index is 1.83. The lowest BCUT2D eigenvalue weighted by Crippen LogP contribution is -2.04. The van der Waals surface area contributed by atoms with E-state index < -0.39 is 4.92 Å². The van der Waals surface area contributed by atoms with Crippen LogP contribution in [0, 0.1) is 10.1 Å². The summed E-state index contributed by atoms with van der Waals surface area (Å²) >= 11 is 5.13. The summed E-state index contributed by atoms with van der Waals surface area (Å²) in [5, 5.41) is 32.8. The number of non-ortho nitro benzene ring substituents is 1. The number of anilines is 1. The molecule has 1 aromatic heterocycles. The summed E-state index contributed by atoms with van der Waals surface area (Å²) in [5.74, 6) is -0.0296. The molecule has 0 amide bonds. The third-order valence-electron chi connectivity index (χ3n) is 3.80. The number of thiocarbonyl (C=S) groups is 1. The monoisotopic (exact) mass is 381 g/mol. The predicted octanol–water partition coefficient (Wildman–Crippen LogP) is 4.92. The van der Waals surface area contributed by atoms with Crippen LogP contribution in [0.1, 0.15) is 0 Å². The van der Waals surface area contributed by atoms with Gasteiger partial charge >= 0.3 is 0 Å². The Hall–Kier alpha value is -3.59. The number of hydrogen-bond acceptors (Lipinski definition) is 5. The van der Waals surface area contributed by atoms with Crippen LogP contribution >= 0.6 is 12.2 Å². The molecule has 9 heteroatoms. The van der Waals surface area contributed by atoms with Crippen molar-refractivity contribution >= 4 is 45.3 Å². The SMILES string of the molecule is C=CCn1c(O)c(N=NC(=S)Nc2ccc([N+](=O)[O-])cc2)c2ccccc21. The maximum Gasteiger partial charge on any atom is 0.269 e. The van der Waals surface area contributed by atoms with Crippen LogP contribution < -0.4 is 5.32 Å². The van der Waals surface area contributed by atoms with Crippen molar-refractivity contribution in [3.8, 4) is 5.88 Å². The molecule has 136 valence electrons. The third-order valence-corrected chi connectivity index (χ3v) is 3.98. The van der Waals surface area contributed by atoms with Crippen LogP contribution in [-0.2, 0) is 6.54 Å². The highest BCUT2D eigenvalue weighted by Gasteiger charge is 2.15. The fourth-order valence-corrected chi connectivity index (χ4v) is 2.75. The summed E-state index contributed by atoms with van der Waals surface area (Å²) in [7, 11) is 0. The van der Waals surface area contributed by atoms with E-state index in [0.29, 0.717) is 17.9 Å². The molecule has 0 atom stereocenters. The summed E-state index contributed by atoms with van der Waals surface area (Å²) in [6, 6.07) is 13.2. The predicted molar refractivity (Wildman–Crippen MR) is 108 cm³/mol. The number of nitrogens with one attached hydrogen (secondary N) is 1. The Morgan fingerprint density at radius 3 is 2.67 bits per heavy atom. The van der Waals surface area contributed by atoms with Crippen molar-refractivity contribution in [2.45, 2.75) is 6.54 Å². The number of rotatable bonds is 5. The summed E-state index contributed by atoms with van der Waals surface area (Å²) < 4.78 is 1.67. The second-order valence-corrected chi connectivity index (χ2v) is 5.91. The van der Waals surface area contributed by atoms with Gasteiger partial charge in [0.1, 0.15) is 0 Å². The van der Waals surface area contributed by atoms with Crippen LogP contribution in [0.4, 0.5) is 17.1 Å². The van der Waals surface area contributed by atoms with Gasteiger partial charge < -0.3 is 15.0 Å². The minimum absolute atomic E-state index is 0.0203. The molecule has 2 N–H and O–H groups in total. The van der Waals surface area contributed by atoms with Crippen molar-refractivity contribution in [3.63, 3.8) is 0 Å². The number of nitro benzene ring substituents is 1. The number of nitrogens with zero attached hydrogens (tertiary/aromatic N) is 4. The second kappa shape index (κ2) is 7.75. The number of fused-ring (bicyclic) bond motifs is 1. The molecule has 8 nitrogen and oxygen atoms in total. The van der Waals surface area contributed by atoms with E-state index in [1.165, 1.54) is 24.3 Å². The van der Waals surface area contributed by atoms with E-state index >= 15 is 0 Å². The van der Waals surface area contributed by atoms with E-state index in [0.717, 1.165) is 10.9 Å². The van der Waals surface area contributed by atoms with Gasteiger partial charge in [-0.05, 0) is 30.4 Å². The van der Waals surface area contributed by atoms with Gasteiger partial charge in [-0.15, -0.1) is 16.8 Å². The highest BCUT2D eigenvalue weighted by atomic mass is 32.1. The van der Waals surface area contributed by atoms with Crippen LogP contribution in [0.2, 0.25) is 0 Å². The first-order chi connectivity index (χ1) is 13.0. The van der Waals surface area contributed by atoms with Gasteiger partial charge in [-0.3, -0.25) is 10.1 Å². The zero-order valence-electron chi connectivity index (χ0n) is 14.1.